The summed E-state index contributed by atoms with van der Waals surface area (Å²) >= 11 is 0. The minimum absolute atomic E-state index is 0.236. The summed E-state index contributed by atoms with van der Waals surface area (Å²) in [6.07, 6.45) is -3.67. The first-order valence-electron chi connectivity index (χ1n) is 4.91. The van der Waals surface area contributed by atoms with Crippen molar-refractivity contribution in [2.24, 2.45) is 5.73 Å². The largest absolute Gasteiger partial charge is 0.391 e. The normalized spacial score (nSPS) is 13.7. The van der Waals surface area contributed by atoms with E-state index in [2.05, 4.69) is 5.32 Å². The fourth-order valence-electron chi connectivity index (χ4n) is 1.18. The van der Waals surface area contributed by atoms with Gasteiger partial charge in [0.05, 0.1) is 6.42 Å². The maximum Gasteiger partial charge on any atom is 0.391 e. The number of hydrogen-bond acceptors (Lipinski definition) is 2. The summed E-state index contributed by atoms with van der Waals surface area (Å²) < 4.78 is 35.7. The molecule has 0 saturated carbocycles. The number of alkyl halides is 3. The minimum atomic E-state index is -4.23. The van der Waals surface area contributed by atoms with Crippen LogP contribution in [0.5, 0.6) is 0 Å². The third-order valence-electron chi connectivity index (χ3n) is 1.80. The van der Waals surface area contributed by atoms with Crippen LogP contribution < -0.4 is 11.1 Å². The monoisotopic (exact) mass is 226 g/mol. The second-order valence-electron chi connectivity index (χ2n) is 3.53. The van der Waals surface area contributed by atoms with Crippen molar-refractivity contribution in [2.45, 2.75) is 44.8 Å². The first-order valence-corrected chi connectivity index (χ1v) is 4.91. The van der Waals surface area contributed by atoms with Crippen LogP contribution in [-0.2, 0) is 4.79 Å². The first kappa shape index (κ1) is 14.2. The van der Waals surface area contributed by atoms with Crippen molar-refractivity contribution in [1.82, 2.24) is 5.32 Å². The molecule has 0 radical (unpaired) electrons. The summed E-state index contributed by atoms with van der Waals surface area (Å²) in [7, 11) is 0. The second-order valence-corrected chi connectivity index (χ2v) is 3.53. The molecule has 0 bridgehead atoms. The van der Waals surface area contributed by atoms with E-state index in [9.17, 15) is 18.0 Å². The average molecular weight is 226 g/mol. The Morgan fingerprint density at radius 2 is 2.00 bits per heavy atom. The van der Waals surface area contributed by atoms with Crippen LogP contribution in [0.25, 0.3) is 0 Å². The van der Waals surface area contributed by atoms with Crippen molar-refractivity contribution in [2.75, 3.05) is 6.54 Å². The predicted octanol–water partition coefficient (Wildman–Crippen LogP) is 1.57. The number of rotatable bonds is 6. The van der Waals surface area contributed by atoms with Crippen LogP contribution in [0, 0.1) is 0 Å². The summed E-state index contributed by atoms with van der Waals surface area (Å²) in [5.41, 5.74) is 5.22. The van der Waals surface area contributed by atoms with E-state index >= 15 is 0 Å². The number of unbranched alkanes of at least 4 members (excludes halogenated alkanes) is 1. The van der Waals surface area contributed by atoms with E-state index in [4.69, 9.17) is 5.73 Å². The van der Waals surface area contributed by atoms with Crippen LogP contribution in [0.15, 0.2) is 0 Å². The Balaban J connectivity index is 3.67. The van der Waals surface area contributed by atoms with Crippen molar-refractivity contribution in [1.29, 1.82) is 0 Å². The molecule has 3 nitrogen and oxygen atoms in total. The molecular weight excluding hydrogens is 209 g/mol. The molecule has 0 aliphatic carbocycles. The van der Waals surface area contributed by atoms with Gasteiger partial charge in [-0.3, -0.25) is 4.79 Å². The van der Waals surface area contributed by atoms with Gasteiger partial charge in [-0.25, -0.2) is 0 Å². The highest BCUT2D eigenvalue weighted by atomic mass is 19.4. The fraction of sp³-hybridized carbons (Fsp3) is 0.889. The predicted molar refractivity (Wildman–Crippen MR) is 51.2 cm³/mol. The van der Waals surface area contributed by atoms with Gasteiger partial charge in [0.2, 0.25) is 5.91 Å². The second kappa shape index (κ2) is 6.66. The number of nitrogens with two attached hydrogens (primary N) is 1. The molecule has 0 heterocycles. The fourth-order valence-corrected chi connectivity index (χ4v) is 1.18. The Bertz CT molecular complexity index is 194. The highest BCUT2D eigenvalue weighted by molar-refractivity contribution is 5.76. The zero-order valence-corrected chi connectivity index (χ0v) is 8.73. The lowest BCUT2D eigenvalue weighted by molar-refractivity contribution is -0.141. The Morgan fingerprint density at radius 3 is 2.47 bits per heavy atom. The van der Waals surface area contributed by atoms with E-state index in [0.29, 0.717) is 19.4 Å². The molecule has 90 valence electrons. The molecule has 0 aliphatic rings. The van der Waals surface area contributed by atoms with Crippen LogP contribution in [-0.4, -0.2) is 24.7 Å². The van der Waals surface area contributed by atoms with Crippen molar-refractivity contribution >= 4 is 5.91 Å². The number of halogens is 3. The summed E-state index contributed by atoms with van der Waals surface area (Å²) in [5.74, 6) is -0.347. The van der Waals surface area contributed by atoms with E-state index in [-0.39, 0.29) is 12.3 Å². The average Bonchev–Trinajstić information content (AvgIpc) is 2.00. The van der Waals surface area contributed by atoms with Gasteiger partial charge >= 0.3 is 6.18 Å². The molecule has 0 aromatic carbocycles. The maximum absolute atomic E-state index is 11.9. The zero-order valence-electron chi connectivity index (χ0n) is 8.73. The van der Waals surface area contributed by atoms with Crippen molar-refractivity contribution < 1.29 is 18.0 Å². The van der Waals surface area contributed by atoms with Crippen molar-refractivity contribution in [3.05, 3.63) is 0 Å². The number of carbonyl (C=O) groups is 1. The molecule has 1 amide bonds. The van der Waals surface area contributed by atoms with Crippen LogP contribution >= 0.6 is 0 Å². The van der Waals surface area contributed by atoms with E-state index in [1.807, 2.05) is 0 Å². The summed E-state index contributed by atoms with van der Waals surface area (Å²) in [6.45, 7) is 1.83. The highest BCUT2D eigenvalue weighted by Crippen LogP contribution is 2.21. The molecule has 1 atom stereocenters. The molecule has 0 fully saturated rings. The minimum Gasteiger partial charge on any atom is -0.353 e. The molecule has 0 aromatic heterocycles. The molecule has 0 spiro atoms. The Hall–Kier alpha value is -0.780. The lowest BCUT2D eigenvalue weighted by atomic mass is 10.2. The van der Waals surface area contributed by atoms with Crippen molar-refractivity contribution in [3.8, 4) is 0 Å². The van der Waals surface area contributed by atoms with Gasteiger partial charge in [0, 0.05) is 12.5 Å². The van der Waals surface area contributed by atoms with Gasteiger partial charge < -0.3 is 11.1 Å². The molecule has 6 heteroatoms. The van der Waals surface area contributed by atoms with Gasteiger partial charge in [0.1, 0.15) is 0 Å². The van der Waals surface area contributed by atoms with E-state index < -0.39 is 18.6 Å². The standard InChI is InChI=1S/C9H17F3N2O/c1-7(6-9(10,11)12)14-8(15)4-2-3-5-13/h7H,2-6,13H2,1H3,(H,14,15). The number of carbonyl (C=O) groups excluding carboxylic acids is 1. The number of nitrogens with one attached hydrogen (secondary N) is 1. The zero-order chi connectivity index (χ0) is 11.9. The molecule has 1 unspecified atom stereocenters. The van der Waals surface area contributed by atoms with Crippen LogP contribution in [0.2, 0.25) is 0 Å². The van der Waals surface area contributed by atoms with Gasteiger partial charge in [-0.1, -0.05) is 0 Å². The number of amides is 1. The Kier molecular flexibility index (Phi) is 6.31. The molecule has 15 heavy (non-hydrogen) atoms. The van der Waals surface area contributed by atoms with Gasteiger partial charge in [0.25, 0.3) is 0 Å². The van der Waals surface area contributed by atoms with Crippen LogP contribution in [0.3, 0.4) is 0 Å². The van der Waals surface area contributed by atoms with Crippen LogP contribution in [0.4, 0.5) is 13.2 Å². The summed E-state index contributed by atoms with van der Waals surface area (Å²) in [6, 6.07) is -0.865. The van der Waals surface area contributed by atoms with Gasteiger partial charge in [-0.05, 0) is 26.3 Å². The first-order chi connectivity index (χ1) is 6.85. The molecule has 0 rings (SSSR count). The lowest BCUT2D eigenvalue weighted by Gasteiger charge is -2.15. The van der Waals surface area contributed by atoms with E-state index in [1.165, 1.54) is 6.92 Å². The summed E-state index contributed by atoms with van der Waals surface area (Å²) in [5, 5.41) is 2.30. The third kappa shape index (κ3) is 9.52. The SMILES string of the molecule is CC(CC(F)(F)F)NC(=O)CCCCN. The summed E-state index contributed by atoms with van der Waals surface area (Å²) in [4.78, 5) is 11.1. The maximum atomic E-state index is 11.9. The van der Waals surface area contributed by atoms with Crippen LogP contribution in [0.1, 0.15) is 32.6 Å². The molecular formula is C9H17F3N2O. The molecule has 3 N–H and O–H groups in total. The quantitative estimate of drug-likeness (QED) is 0.675. The highest BCUT2D eigenvalue weighted by Gasteiger charge is 2.30. The smallest absolute Gasteiger partial charge is 0.353 e. The Morgan fingerprint density at radius 1 is 1.40 bits per heavy atom. The van der Waals surface area contributed by atoms with E-state index in [0.717, 1.165) is 0 Å². The lowest BCUT2D eigenvalue weighted by Crippen LogP contribution is -2.35. The van der Waals surface area contributed by atoms with Gasteiger partial charge in [-0.2, -0.15) is 13.2 Å². The topological polar surface area (TPSA) is 55.1 Å². The third-order valence-corrected chi connectivity index (χ3v) is 1.80. The Labute approximate surface area is 87.2 Å². The number of hydrogen-bond donors (Lipinski definition) is 2. The van der Waals surface area contributed by atoms with Gasteiger partial charge in [-0.15, -0.1) is 0 Å². The van der Waals surface area contributed by atoms with Gasteiger partial charge in [0.15, 0.2) is 0 Å². The van der Waals surface area contributed by atoms with Crippen molar-refractivity contribution in [3.63, 3.8) is 0 Å². The molecule has 0 aliphatic heterocycles. The molecule has 0 saturated heterocycles. The molecule has 0 aromatic rings. The van der Waals surface area contributed by atoms with E-state index in [1.54, 1.807) is 0 Å².